The molecule has 0 saturated carbocycles. The van der Waals surface area contributed by atoms with Crippen LogP contribution in [0.1, 0.15) is 6.92 Å². The van der Waals surface area contributed by atoms with Gasteiger partial charge in [-0.15, -0.1) is 0 Å². The number of allylic oxidation sites excluding steroid dienone is 1. The van der Waals surface area contributed by atoms with Crippen molar-refractivity contribution in [3.05, 3.63) is 11.8 Å². The van der Waals surface area contributed by atoms with Crippen molar-refractivity contribution in [2.24, 2.45) is 0 Å². The van der Waals surface area contributed by atoms with Crippen LogP contribution in [0, 0.1) is 0 Å². The van der Waals surface area contributed by atoms with Crippen LogP contribution in [0.4, 0.5) is 0 Å². The van der Waals surface area contributed by atoms with Gasteiger partial charge in [-0.25, -0.2) is 0 Å². The molecule has 0 N–H and O–H groups in total. The summed E-state index contributed by atoms with van der Waals surface area (Å²) in [6.07, 6.45) is 1.84. The van der Waals surface area contributed by atoms with Gasteiger partial charge in [-0.2, -0.15) is 0 Å². The molecule has 0 unspecified atom stereocenters. The summed E-state index contributed by atoms with van der Waals surface area (Å²) < 4.78 is 11.1. The molecule has 3 heteroatoms. The van der Waals surface area contributed by atoms with Gasteiger partial charge in [0, 0.05) is 0 Å². The van der Waals surface area contributed by atoms with E-state index in [0.29, 0.717) is 13.2 Å². The van der Waals surface area contributed by atoms with Crippen molar-refractivity contribution >= 4 is 4.57 Å². The molecule has 0 fully saturated rings. The van der Waals surface area contributed by atoms with Gasteiger partial charge in [-0.3, -0.25) is 0 Å². The summed E-state index contributed by atoms with van der Waals surface area (Å²) in [5, 5.41) is 0. The van der Waals surface area contributed by atoms with E-state index in [9.17, 15) is 0 Å². The zero-order valence-electron chi connectivity index (χ0n) is 5.22. The Labute approximate surface area is 62.4 Å². The van der Waals surface area contributed by atoms with Crippen LogP contribution in [0.25, 0.3) is 0 Å². The maximum atomic E-state index is 5.17. The second kappa shape index (κ2) is 3.17. The molecule has 0 aromatic rings. The standard InChI is InChI=1S/C6H8O2.Cr/c1-6-2-3-7-4-5-8-6;/h2H,4-5H2,1H3;. The molecule has 0 amide bonds. The van der Waals surface area contributed by atoms with E-state index < -0.39 is 0 Å². The van der Waals surface area contributed by atoms with Gasteiger partial charge in [0.25, 0.3) is 0 Å². The minimum absolute atomic E-state index is 0.635. The van der Waals surface area contributed by atoms with E-state index in [4.69, 9.17) is 9.47 Å². The van der Waals surface area contributed by atoms with Gasteiger partial charge in [0.2, 0.25) is 0 Å². The molecule has 0 aliphatic carbocycles. The summed E-state index contributed by atoms with van der Waals surface area (Å²) in [6, 6.07) is 0. The Kier molecular flexibility index (Phi) is 2.47. The molecule has 0 bridgehead atoms. The molecule has 0 spiro atoms. The van der Waals surface area contributed by atoms with E-state index in [0.717, 1.165) is 10.3 Å². The quantitative estimate of drug-likeness (QED) is 0.522. The fourth-order valence-corrected chi connectivity index (χ4v) is 0.984. The first-order valence-corrected chi connectivity index (χ1v) is 3.40. The van der Waals surface area contributed by atoms with Gasteiger partial charge >= 0.3 is 61.9 Å². The molecular weight excluding hydrogens is 156 g/mol. The molecule has 1 heterocycles. The van der Waals surface area contributed by atoms with E-state index in [-0.39, 0.29) is 0 Å². The van der Waals surface area contributed by atoms with Crippen LogP contribution in [0.3, 0.4) is 0 Å². The summed E-state index contributed by atoms with van der Waals surface area (Å²) in [6.45, 7) is 3.19. The molecule has 2 nitrogen and oxygen atoms in total. The Bertz CT molecular complexity index is 151. The second-order valence-electron chi connectivity index (χ2n) is 1.77. The normalized spacial score (nSPS) is 20.1. The Hall–Kier alpha value is -0.0975. The maximum absolute atomic E-state index is 5.17. The van der Waals surface area contributed by atoms with Crippen LogP contribution in [0.15, 0.2) is 11.8 Å². The SMILES string of the molecule is CC1=C[C](=[Cr])OCCO1. The van der Waals surface area contributed by atoms with Crippen molar-refractivity contribution in [3.8, 4) is 0 Å². The number of rotatable bonds is 0. The van der Waals surface area contributed by atoms with Crippen LogP contribution < -0.4 is 0 Å². The van der Waals surface area contributed by atoms with E-state index in [1.165, 1.54) is 0 Å². The summed E-state index contributed by atoms with van der Waals surface area (Å²) in [7, 11) is 0. The number of hydrogen-bond donors (Lipinski definition) is 0. The van der Waals surface area contributed by atoms with Gasteiger partial charge in [0.05, 0.1) is 0 Å². The third kappa shape index (κ3) is 2.32. The average Bonchev–Trinajstić information content (AvgIpc) is 1.93. The van der Waals surface area contributed by atoms with Crippen LogP contribution in [0.5, 0.6) is 0 Å². The topological polar surface area (TPSA) is 18.5 Å². The third-order valence-electron chi connectivity index (χ3n) is 0.979. The van der Waals surface area contributed by atoms with Crippen molar-refractivity contribution in [2.75, 3.05) is 13.2 Å². The first-order chi connectivity index (χ1) is 4.29. The minimum atomic E-state index is 0.635. The molecule has 0 aromatic carbocycles. The van der Waals surface area contributed by atoms with Crippen LogP contribution >= 0.6 is 0 Å². The van der Waals surface area contributed by atoms with Crippen molar-refractivity contribution in [2.45, 2.75) is 6.92 Å². The number of hydrogen-bond acceptors (Lipinski definition) is 2. The molecule has 1 aliphatic rings. The van der Waals surface area contributed by atoms with E-state index in [1.807, 2.05) is 13.0 Å². The average molecular weight is 164 g/mol. The Balaban J connectivity index is 2.59. The second-order valence-corrected chi connectivity index (χ2v) is 2.40. The first kappa shape index (κ1) is 7.01. The summed E-state index contributed by atoms with van der Waals surface area (Å²) in [4.78, 5) is 0. The predicted molar refractivity (Wildman–Crippen MR) is 30.7 cm³/mol. The molecule has 0 radical (unpaired) electrons. The number of ether oxygens (including phenoxy) is 2. The fourth-order valence-electron chi connectivity index (χ4n) is 0.594. The molecular formula is C6H8CrO2. The van der Waals surface area contributed by atoms with Gasteiger partial charge in [0.1, 0.15) is 0 Å². The molecule has 9 heavy (non-hydrogen) atoms. The molecule has 0 atom stereocenters. The summed E-state index contributed by atoms with van der Waals surface area (Å²) >= 11 is 2.79. The van der Waals surface area contributed by atoms with Crippen LogP contribution in [0.2, 0.25) is 0 Å². The van der Waals surface area contributed by atoms with Crippen LogP contribution in [-0.2, 0) is 25.3 Å². The van der Waals surface area contributed by atoms with Gasteiger partial charge in [-0.1, -0.05) is 0 Å². The fraction of sp³-hybridized carbons (Fsp3) is 0.500. The summed E-state index contributed by atoms with van der Waals surface area (Å²) in [5.74, 6) is 0.904. The summed E-state index contributed by atoms with van der Waals surface area (Å²) in [5.41, 5.74) is 0. The zero-order chi connectivity index (χ0) is 6.69. The molecule has 0 aromatic heterocycles. The molecule has 1 aliphatic heterocycles. The van der Waals surface area contributed by atoms with Gasteiger partial charge in [-0.05, 0) is 0 Å². The van der Waals surface area contributed by atoms with Crippen molar-refractivity contribution in [1.29, 1.82) is 0 Å². The first-order valence-electron chi connectivity index (χ1n) is 2.77. The monoisotopic (exact) mass is 164 g/mol. The Morgan fingerprint density at radius 2 is 2.11 bits per heavy atom. The molecule has 50 valence electrons. The zero-order valence-corrected chi connectivity index (χ0v) is 6.49. The van der Waals surface area contributed by atoms with E-state index in [2.05, 4.69) is 15.9 Å². The molecule has 1 rings (SSSR count). The van der Waals surface area contributed by atoms with Crippen molar-refractivity contribution in [1.82, 2.24) is 0 Å². The van der Waals surface area contributed by atoms with Crippen LogP contribution in [-0.4, -0.2) is 17.8 Å². The van der Waals surface area contributed by atoms with E-state index >= 15 is 0 Å². The van der Waals surface area contributed by atoms with E-state index in [1.54, 1.807) is 0 Å². The molecule has 0 saturated heterocycles. The van der Waals surface area contributed by atoms with Crippen molar-refractivity contribution in [3.63, 3.8) is 0 Å². The van der Waals surface area contributed by atoms with Crippen molar-refractivity contribution < 1.29 is 25.3 Å². The Morgan fingerprint density at radius 3 is 2.89 bits per heavy atom. The predicted octanol–water partition coefficient (Wildman–Crippen LogP) is 0.614. The van der Waals surface area contributed by atoms with Gasteiger partial charge in [0.15, 0.2) is 0 Å². The third-order valence-corrected chi connectivity index (χ3v) is 1.35. The Morgan fingerprint density at radius 1 is 1.44 bits per heavy atom. The van der Waals surface area contributed by atoms with Gasteiger partial charge < -0.3 is 0 Å².